The molecule has 1 aromatic rings. The van der Waals surface area contributed by atoms with E-state index in [4.69, 9.17) is 27.9 Å². The van der Waals surface area contributed by atoms with Crippen molar-refractivity contribution in [1.29, 1.82) is 0 Å². The van der Waals surface area contributed by atoms with Crippen LogP contribution < -0.4 is 10.1 Å². The molecule has 100 valence electrons. The van der Waals surface area contributed by atoms with Crippen molar-refractivity contribution in [3.63, 3.8) is 0 Å². The van der Waals surface area contributed by atoms with E-state index < -0.39 is 0 Å². The zero-order valence-electron chi connectivity index (χ0n) is 10.7. The third-order valence-corrected chi connectivity index (χ3v) is 3.14. The Morgan fingerprint density at radius 3 is 2.61 bits per heavy atom. The number of carbonyl (C=O) groups is 1. The van der Waals surface area contributed by atoms with Gasteiger partial charge in [0.1, 0.15) is 5.75 Å². The Kier molecular flexibility index (Phi) is 5.29. The fourth-order valence-electron chi connectivity index (χ4n) is 1.24. The number of hydrogen-bond acceptors (Lipinski definition) is 2. The smallest absolute Gasteiger partial charge is 0.258 e. The molecule has 1 rings (SSSR count). The quantitative estimate of drug-likeness (QED) is 0.898. The van der Waals surface area contributed by atoms with Gasteiger partial charge in [0.15, 0.2) is 6.61 Å². The van der Waals surface area contributed by atoms with Crippen LogP contribution in [0.15, 0.2) is 18.2 Å². The lowest BCUT2D eigenvalue weighted by Gasteiger charge is -2.24. The predicted octanol–water partition coefficient (Wildman–Crippen LogP) is 3.68. The molecule has 0 saturated heterocycles. The van der Waals surface area contributed by atoms with E-state index in [1.165, 1.54) is 0 Å². The van der Waals surface area contributed by atoms with Crippen molar-refractivity contribution in [3.05, 3.63) is 28.2 Å². The van der Waals surface area contributed by atoms with Crippen molar-refractivity contribution in [2.75, 3.05) is 6.61 Å². The monoisotopic (exact) mass is 289 g/mol. The topological polar surface area (TPSA) is 38.3 Å². The Hall–Kier alpha value is -0.930. The van der Waals surface area contributed by atoms with Crippen molar-refractivity contribution < 1.29 is 9.53 Å². The molecule has 0 bridgehead atoms. The highest BCUT2D eigenvalue weighted by atomic mass is 35.5. The third-order valence-electron chi connectivity index (χ3n) is 2.61. The summed E-state index contributed by atoms with van der Waals surface area (Å²) in [5.41, 5.74) is -0.232. The van der Waals surface area contributed by atoms with Gasteiger partial charge in [0.25, 0.3) is 5.91 Å². The first kappa shape index (κ1) is 15.1. The van der Waals surface area contributed by atoms with Crippen LogP contribution in [0.4, 0.5) is 0 Å². The van der Waals surface area contributed by atoms with E-state index in [1.54, 1.807) is 18.2 Å². The Morgan fingerprint density at radius 2 is 2.06 bits per heavy atom. The highest BCUT2D eigenvalue weighted by molar-refractivity contribution is 6.35. The van der Waals surface area contributed by atoms with Gasteiger partial charge >= 0.3 is 0 Å². The first-order valence-corrected chi connectivity index (χ1v) is 6.48. The first-order chi connectivity index (χ1) is 8.34. The van der Waals surface area contributed by atoms with E-state index in [-0.39, 0.29) is 18.1 Å². The number of halogens is 2. The normalized spacial score (nSPS) is 11.2. The van der Waals surface area contributed by atoms with E-state index >= 15 is 0 Å². The highest BCUT2D eigenvalue weighted by Crippen LogP contribution is 2.27. The average molecular weight is 290 g/mol. The van der Waals surface area contributed by atoms with E-state index in [2.05, 4.69) is 5.32 Å². The molecule has 0 aliphatic rings. The minimum absolute atomic E-state index is 0.0647. The summed E-state index contributed by atoms with van der Waals surface area (Å²) in [4.78, 5) is 11.7. The van der Waals surface area contributed by atoms with Crippen LogP contribution in [0.25, 0.3) is 0 Å². The van der Waals surface area contributed by atoms with Crippen LogP contribution in [0, 0.1) is 0 Å². The van der Waals surface area contributed by atoms with E-state index in [1.807, 2.05) is 20.8 Å². The molecule has 1 aromatic carbocycles. The molecule has 0 unspecified atom stereocenters. The first-order valence-electron chi connectivity index (χ1n) is 5.73. The summed E-state index contributed by atoms with van der Waals surface area (Å²) >= 11 is 11.7. The maximum atomic E-state index is 11.7. The summed E-state index contributed by atoms with van der Waals surface area (Å²) in [5, 5.41) is 3.80. The molecule has 1 N–H and O–H groups in total. The predicted molar refractivity (Wildman–Crippen MR) is 74.5 cm³/mol. The zero-order chi connectivity index (χ0) is 13.8. The second-order valence-electron chi connectivity index (χ2n) is 4.65. The minimum Gasteiger partial charge on any atom is -0.482 e. The average Bonchev–Trinajstić information content (AvgIpc) is 2.27. The lowest BCUT2D eigenvalue weighted by atomic mass is 10.0. The third kappa shape index (κ3) is 4.75. The highest BCUT2D eigenvalue weighted by Gasteiger charge is 2.18. The largest absolute Gasteiger partial charge is 0.482 e. The lowest BCUT2D eigenvalue weighted by Crippen LogP contribution is -2.44. The Labute approximate surface area is 117 Å². The molecule has 0 radical (unpaired) electrons. The SMILES string of the molecule is CCC(C)(C)NC(=O)COc1ccc(Cl)cc1Cl. The molecule has 3 nitrogen and oxygen atoms in total. The second kappa shape index (κ2) is 6.30. The lowest BCUT2D eigenvalue weighted by molar-refractivity contribution is -0.124. The summed E-state index contributed by atoms with van der Waals surface area (Å²) in [7, 11) is 0. The van der Waals surface area contributed by atoms with Crippen LogP contribution in [0.3, 0.4) is 0 Å². The van der Waals surface area contributed by atoms with Gasteiger partial charge in [-0.2, -0.15) is 0 Å². The van der Waals surface area contributed by atoms with Crippen molar-refractivity contribution >= 4 is 29.1 Å². The molecular formula is C13H17Cl2NO2. The fourth-order valence-corrected chi connectivity index (χ4v) is 1.70. The van der Waals surface area contributed by atoms with Crippen LogP contribution in [-0.2, 0) is 4.79 Å². The summed E-state index contributed by atoms with van der Waals surface area (Å²) in [6, 6.07) is 4.88. The van der Waals surface area contributed by atoms with E-state index in [0.717, 1.165) is 6.42 Å². The van der Waals surface area contributed by atoms with Gasteiger partial charge in [-0.1, -0.05) is 30.1 Å². The van der Waals surface area contributed by atoms with Crippen LogP contribution in [-0.4, -0.2) is 18.1 Å². The van der Waals surface area contributed by atoms with Crippen LogP contribution in [0.2, 0.25) is 10.0 Å². The summed E-state index contributed by atoms with van der Waals surface area (Å²) < 4.78 is 5.34. The molecule has 18 heavy (non-hydrogen) atoms. The molecule has 1 amide bonds. The number of hydrogen-bond donors (Lipinski definition) is 1. The molecule has 0 aliphatic carbocycles. The minimum atomic E-state index is -0.232. The van der Waals surface area contributed by atoms with Gasteiger partial charge < -0.3 is 10.1 Å². The Morgan fingerprint density at radius 1 is 1.39 bits per heavy atom. The number of rotatable bonds is 5. The Balaban J connectivity index is 2.53. The molecule has 0 saturated carbocycles. The maximum absolute atomic E-state index is 11.7. The number of carbonyl (C=O) groups excluding carboxylic acids is 1. The standard InChI is InChI=1S/C13H17Cl2NO2/c1-4-13(2,3)16-12(17)8-18-11-6-5-9(14)7-10(11)15/h5-7H,4,8H2,1-3H3,(H,16,17). The number of benzene rings is 1. The molecule has 0 aromatic heterocycles. The van der Waals surface area contributed by atoms with Gasteiger partial charge in [-0.15, -0.1) is 0 Å². The summed E-state index contributed by atoms with van der Waals surface area (Å²) in [6.07, 6.45) is 0.848. The fraction of sp³-hybridized carbons (Fsp3) is 0.462. The van der Waals surface area contributed by atoms with Gasteiger partial charge in [0.2, 0.25) is 0 Å². The number of ether oxygens (including phenoxy) is 1. The molecular weight excluding hydrogens is 273 g/mol. The molecule has 0 spiro atoms. The number of amides is 1. The molecule has 5 heteroatoms. The van der Waals surface area contributed by atoms with Crippen molar-refractivity contribution in [1.82, 2.24) is 5.32 Å². The van der Waals surface area contributed by atoms with Crippen LogP contribution >= 0.6 is 23.2 Å². The zero-order valence-corrected chi connectivity index (χ0v) is 12.2. The van der Waals surface area contributed by atoms with Crippen molar-refractivity contribution in [2.24, 2.45) is 0 Å². The van der Waals surface area contributed by atoms with Gasteiger partial charge in [0, 0.05) is 10.6 Å². The van der Waals surface area contributed by atoms with Crippen LogP contribution in [0.5, 0.6) is 5.75 Å². The molecule has 0 aliphatic heterocycles. The molecule has 0 atom stereocenters. The Bertz CT molecular complexity index is 433. The summed E-state index contributed by atoms with van der Waals surface area (Å²) in [6.45, 7) is 5.86. The van der Waals surface area contributed by atoms with Gasteiger partial charge in [-0.05, 0) is 38.5 Å². The molecule has 0 heterocycles. The second-order valence-corrected chi connectivity index (χ2v) is 5.49. The van der Waals surface area contributed by atoms with Crippen molar-refractivity contribution in [3.8, 4) is 5.75 Å². The van der Waals surface area contributed by atoms with E-state index in [0.29, 0.717) is 15.8 Å². The van der Waals surface area contributed by atoms with Gasteiger partial charge in [-0.3, -0.25) is 4.79 Å². The van der Waals surface area contributed by atoms with Crippen LogP contribution in [0.1, 0.15) is 27.2 Å². The van der Waals surface area contributed by atoms with E-state index in [9.17, 15) is 4.79 Å². The number of nitrogens with one attached hydrogen (secondary N) is 1. The molecule has 0 fully saturated rings. The van der Waals surface area contributed by atoms with Gasteiger partial charge in [0.05, 0.1) is 5.02 Å². The summed E-state index contributed by atoms with van der Waals surface area (Å²) in [5.74, 6) is 0.276. The van der Waals surface area contributed by atoms with Crippen molar-refractivity contribution in [2.45, 2.75) is 32.7 Å². The maximum Gasteiger partial charge on any atom is 0.258 e. The van der Waals surface area contributed by atoms with Gasteiger partial charge in [-0.25, -0.2) is 0 Å².